The number of hydrogen-bond acceptors (Lipinski definition) is 5. The number of allylic oxidation sites excluding steroid dienone is 1. The van der Waals surface area contributed by atoms with Gasteiger partial charge < -0.3 is 18.9 Å². The van der Waals surface area contributed by atoms with E-state index in [4.69, 9.17) is 18.9 Å². The highest BCUT2D eigenvalue weighted by Crippen LogP contribution is 2.67. The van der Waals surface area contributed by atoms with Crippen molar-refractivity contribution in [1.29, 1.82) is 0 Å². The quantitative estimate of drug-likeness (QED) is 0.642. The van der Waals surface area contributed by atoms with Gasteiger partial charge in [-0.2, -0.15) is 0 Å². The third kappa shape index (κ3) is 2.19. The standard InChI is InChI=1S/C23H32O5/c1-2-21-14-19(24)20-16-5-7-22(25-9-10-26-22)13-15(16)3-4-17(20)18(21)6-8-23(21)27-11-12-28-23/h3,16-18,20H,2,4-14H2,1H3/t16-,17-,18-,20+,21-/m0/s1. The van der Waals surface area contributed by atoms with Crippen LogP contribution in [0, 0.1) is 29.1 Å². The fourth-order valence-corrected chi connectivity index (χ4v) is 8.09. The highest BCUT2D eigenvalue weighted by atomic mass is 16.7. The summed E-state index contributed by atoms with van der Waals surface area (Å²) in [5.74, 6) is 1.11. The summed E-state index contributed by atoms with van der Waals surface area (Å²) in [4.78, 5) is 13.6. The van der Waals surface area contributed by atoms with Crippen molar-refractivity contribution in [1.82, 2.24) is 0 Å². The van der Waals surface area contributed by atoms with Gasteiger partial charge in [0, 0.05) is 37.0 Å². The first-order valence-electron chi connectivity index (χ1n) is 11.4. The second kappa shape index (κ2) is 6.13. The molecule has 0 aromatic heterocycles. The van der Waals surface area contributed by atoms with Crippen molar-refractivity contribution < 1.29 is 23.7 Å². The Kier molecular flexibility index (Phi) is 3.95. The molecule has 154 valence electrons. The molecule has 0 bridgehead atoms. The maximum absolute atomic E-state index is 13.6. The van der Waals surface area contributed by atoms with Gasteiger partial charge in [0.05, 0.1) is 26.4 Å². The molecule has 0 unspecified atom stereocenters. The molecule has 5 heteroatoms. The minimum Gasteiger partial charge on any atom is -0.347 e. The monoisotopic (exact) mass is 388 g/mol. The van der Waals surface area contributed by atoms with Gasteiger partial charge in [-0.25, -0.2) is 0 Å². The van der Waals surface area contributed by atoms with Crippen molar-refractivity contribution in [3.05, 3.63) is 11.6 Å². The lowest BCUT2D eigenvalue weighted by Crippen LogP contribution is -2.57. The van der Waals surface area contributed by atoms with Crippen molar-refractivity contribution in [2.75, 3.05) is 26.4 Å². The van der Waals surface area contributed by atoms with E-state index in [-0.39, 0.29) is 11.3 Å². The number of fused-ring (bicyclic) bond motifs is 6. The molecule has 5 fully saturated rings. The largest absolute Gasteiger partial charge is 0.347 e. The molecule has 6 aliphatic rings. The number of ketones is 1. The molecule has 5 nitrogen and oxygen atoms in total. The average Bonchev–Trinajstić information content (AvgIpc) is 3.43. The first-order valence-corrected chi connectivity index (χ1v) is 11.4. The maximum Gasteiger partial charge on any atom is 0.174 e. The van der Waals surface area contributed by atoms with Crippen LogP contribution in [0.5, 0.6) is 0 Å². The smallest absolute Gasteiger partial charge is 0.174 e. The van der Waals surface area contributed by atoms with E-state index in [9.17, 15) is 4.79 Å². The number of hydrogen-bond donors (Lipinski definition) is 0. The number of ether oxygens (including phenoxy) is 4. The first-order chi connectivity index (χ1) is 13.6. The molecule has 2 heterocycles. The van der Waals surface area contributed by atoms with E-state index in [2.05, 4.69) is 13.0 Å². The zero-order chi connectivity index (χ0) is 19.0. The molecule has 3 saturated carbocycles. The Labute approximate surface area is 167 Å². The van der Waals surface area contributed by atoms with Gasteiger partial charge >= 0.3 is 0 Å². The van der Waals surface area contributed by atoms with Gasteiger partial charge in [0.15, 0.2) is 11.6 Å². The Morgan fingerprint density at radius 1 is 1.00 bits per heavy atom. The van der Waals surface area contributed by atoms with Gasteiger partial charge in [-0.1, -0.05) is 18.6 Å². The topological polar surface area (TPSA) is 54.0 Å². The van der Waals surface area contributed by atoms with E-state index in [1.165, 1.54) is 5.57 Å². The lowest BCUT2D eigenvalue weighted by Gasteiger charge is -2.55. The van der Waals surface area contributed by atoms with Crippen LogP contribution in [0.2, 0.25) is 0 Å². The zero-order valence-electron chi connectivity index (χ0n) is 16.9. The van der Waals surface area contributed by atoms with Crippen molar-refractivity contribution in [3.63, 3.8) is 0 Å². The van der Waals surface area contributed by atoms with Crippen LogP contribution in [0.3, 0.4) is 0 Å². The van der Waals surface area contributed by atoms with E-state index in [1.54, 1.807) is 0 Å². The van der Waals surface area contributed by atoms with E-state index < -0.39 is 11.6 Å². The van der Waals surface area contributed by atoms with Gasteiger partial charge in [0.25, 0.3) is 0 Å². The second-order valence-electron chi connectivity index (χ2n) is 9.88. The number of Topliss-reactive ketones (excluding diaryl/α,β-unsaturated/α-hetero) is 1. The molecule has 2 aliphatic heterocycles. The number of carbonyl (C=O) groups excluding carboxylic acids is 1. The first kappa shape index (κ1) is 18.1. The molecule has 0 N–H and O–H groups in total. The van der Waals surface area contributed by atoms with Crippen LogP contribution < -0.4 is 0 Å². The Balaban J connectivity index is 1.34. The lowest BCUT2D eigenvalue weighted by molar-refractivity contribution is -0.244. The van der Waals surface area contributed by atoms with Crippen LogP contribution in [0.15, 0.2) is 11.6 Å². The zero-order valence-corrected chi connectivity index (χ0v) is 16.9. The lowest BCUT2D eigenvalue weighted by atomic mass is 9.50. The molecule has 5 atom stereocenters. The Morgan fingerprint density at radius 2 is 1.75 bits per heavy atom. The van der Waals surface area contributed by atoms with E-state index in [0.29, 0.717) is 56.4 Å². The molecule has 0 aromatic rings. The maximum atomic E-state index is 13.6. The molecule has 28 heavy (non-hydrogen) atoms. The van der Waals surface area contributed by atoms with E-state index in [1.807, 2.05) is 0 Å². The normalized spacial score (nSPS) is 45.8. The highest BCUT2D eigenvalue weighted by molar-refractivity contribution is 5.84. The van der Waals surface area contributed by atoms with Crippen LogP contribution in [0.1, 0.15) is 58.3 Å². The van der Waals surface area contributed by atoms with E-state index in [0.717, 1.165) is 44.9 Å². The molecular formula is C23H32O5. The van der Waals surface area contributed by atoms with Crippen LogP contribution in [0.25, 0.3) is 0 Å². The summed E-state index contributed by atoms with van der Waals surface area (Å²) in [6.45, 7) is 4.98. The third-order valence-corrected chi connectivity index (χ3v) is 9.16. The van der Waals surface area contributed by atoms with Gasteiger partial charge in [-0.15, -0.1) is 0 Å². The summed E-state index contributed by atoms with van der Waals surface area (Å²) in [6.07, 6.45) is 9.94. The van der Waals surface area contributed by atoms with Gasteiger partial charge in [0.1, 0.15) is 5.78 Å². The molecule has 2 spiro atoms. The van der Waals surface area contributed by atoms with Crippen LogP contribution in [0.4, 0.5) is 0 Å². The van der Waals surface area contributed by atoms with Crippen LogP contribution in [-0.4, -0.2) is 43.8 Å². The summed E-state index contributed by atoms with van der Waals surface area (Å²) in [7, 11) is 0. The molecular weight excluding hydrogens is 356 g/mol. The number of rotatable bonds is 1. The summed E-state index contributed by atoms with van der Waals surface area (Å²) in [6, 6.07) is 0. The Bertz CT molecular complexity index is 702. The van der Waals surface area contributed by atoms with Crippen molar-refractivity contribution >= 4 is 5.78 Å². The van der Waals surface area contributed by atoms with Crippen molar-refractivity contribution in [2.24, 2.45) is 29.1 Å². The molecule has 4 aliphatic carbocycles. The predicted molar refractivity (Wildman–Crippen MR) is 101 cm³/mol. The predicted octanol–water partition coefficient (Wildman–Crippen LogP) is 3.61. The number of carbonyl (C=O) groups is 1. The summed E-state index contributed by atoms with van der Waals surface area (Å²) in [5, 5.41) is 0. The summed E-state index contributed by atoms with van der Waals surface area (Å²) in [5.41, 5.74) is 1.30. The SMILES string of the molecule is CC[C@]12CC(=O)[C@H]3[C@@H](CC=C4CC5(CC[C@@H]43)OCCO5)[C@@H]1CCC21OCCO1. The fraction of sp³-hybridized carbons (Fsp3) is 0.870. The van der Waals surface area contributed by atoms with Gasteiger partial charge in [-0.05, 0) is 43.4 Å². The van der Waals surface area contributed by atoms with Crippen molar-refractivity contribution in [3.8, 4) is 0 Å². The molecule has 6 rings (SSSR count). The molecule has 0 amide bonds. The molecule has 2 saturated heterocycles. The average molecular weight is 389 g/mol. The van der Waals surface area contributed by atoms with Crippen LogP contribution >= 0.6 is 0 Å². The molecule has 0 aromatic carbocycles. The van der Waals surface area contributed by atoms with Gasteiger partial charge in [-0.3, -0.25) is 4.79 Å². The van der Waals surface area contributed by atoms with E-state index >= 15 is 0 Å². The fourth-order valence-electron chi connectivity index (χ4n) is 8.09. The highest BCUT2D eigenvalue weighted by Gasteiger charge is 2.69. The van der Waals surface area contributed by atoms with Crippen LogP contribution in [-0.2, 0) is 23.7 Å². The Hall–Kier alpha value is -0.750. The minimum atomic E-state index is -0.501. The third-order valence-electron chi connectivity index (χ3n) is 9.16. The van der Waals surface area contributed by atoms with Gasteiger partial charge in [0.2, 0.25) is 0 Å². The molecule has 0 radical (unpaired) electrons. The summed E-state index contributed by atoms with van der Waals surface area (Å²) >= 11 is 0. The second-order valence-corrected chi connectivity index (χ2v) is 9.88. The minimum absolute atomic E-state index is 0.124. The van der Waals surface area contributed by atoms with Crippen molar-refractivity contribution in [2.45, 2.75) is 69.9 Å². The Morgan fingerprint density at radius 3 is 2.50 bits per heavy atom. The summed E-state index contributed by atoms with van der Waals surface area (Å²) < 4.78 is 24.4.